The van der Waals surface area contributed by atoms with E-state index in [4.69, 9.17) is 9.72 Å². The first-order valence-electron chi connectivity index (χ1n) is 10.6. The molecule has 4 heteroatoms. The lowest BCUT2D eigenvalue weighted by molar-refractivity contribution is -0.133. The van der Waals surface area contributed by atoms with Gasteiger partial charge in [0.15, 0.2) is 0 Å². The van der Waals surface area contributed by atoms with Gasteiger partial charge in [0, 0.05) is 12.2 Å². The lowest BCUT2D eigenvalue weighted by Crippen LogP contribution is -2.34. The van der Waals surface area contributed by atoms with Gasteiger partial charge in [0.1, 0.15) is 5.75 Å². The van der Waals surface area contributed by atoms with Crippen molar-refractivity contribution in [2.24, 2.45) is 0 Å². The number of hydrogen-bond donors (Lipinski definition) is 0. The van der Waals surface area contributed by atoms with Crippen molar-refractivity contribution in [2.45, 2.75) is 38.6 Å². The highest BCUT2D eigenvalue weighted by molar-refractivity contribution is 5.84. The molecule has 0 bridgehead atoms. The standard InChI is InChI=1S/C26H28N2O2/c1-18-16-22(21-11-13-23(30-3)14-12-21)17-24(27-18)25-10-7-15-28(25)26(29)19(2)20-8-5-4-6-9-20/h4-6,8-9,11-14,16-17,19,25H,7,10,15H2,1-3H3/t19-,25-/m0/s1. The fourth-order valence-electron chi connectivity index (χ4n) is 4.29. The topological polar surface area (TPSA) is 42.4 Å². The van der Waals surface area contributed by atoms with Crippen molar-refractivity contribution >= 4 is 5.91 Å². The van der Waals surface area contributed by atoms with Gasteiger partial charge >= 0.3 is 0 Å². The number of aromatic nitrogens is 1. The molecule has 1 aromatic heterocycles. The number of carbonyl (C=O) groups is 1. The quantitative estimate of drug-likeness (QED) is 0.565. The summed E-state index contributed by atoms with van der Waals surface area (Å²) >= 11 is 0. The predicted molar refractivity (Wildman–Crippen MR) is 120 cm³/mol. The van der Waals surface area contributed by atoms with Crippen LogP contribution in [-0.2, 0) is 4.79 Å². The Hall–Kier alpha value is -3.14. The van der Waals surface area contributed by atoms with Crippen LogP contribution in [0.5, 0.6) is 5.75 Å². The summed E-state index contributed by atoms with van der Waals surface area (Å²) in [6, 6.07) is 22.3. The Balaban J connectivity index is 1.62. The van der Waals surface area contributed by atoms with E-state index in [1.807, 2.05) is 61.2 Å². The molecule has 0 radical (unpaired) electrons. The van der Waals surface area contributed by atoms with Gasteiger partial charge in [0.05, 0.1) is 24.8 Å². The number of carbonyl (C=O) groups excluding carboxylic acids is 1. The summed E-state index contributed by atoms with van der Waals surface area (Å²) in [6.45, 7) is 4.80. The highest BCUT2D eigenvalue weighted by atomic mass is 16.5. The zero-order valence-corrected chi connectivity index (χ0v) is 17.8. The number of nitrogens with zero attached hydrogens (tertiary/aromatic N) is 2. The van der Waals surface area contributed by atoms with E-state index in [-0.39, 0.29) is 17.9 Å². The molecule has 1 amide bonds. The summed E-state index contributed by atoms with van der Waals surface area (Å²) in [5.41, 5.74) is 5.25. The molecular formula is C26H28N2O2. The molecule has 1 saturated heterocycles. The van der Waals surface area contributed by atoms with E-state index >= 15 is 0 Å². The fourth-order valence-corrected chi connectivity index (χ4v) is 4.29. The molecule has 154 valence electrons. The lowest BCUT2D eigenvalue weighted by Gasteiger charge is -2.28. The number of benzene rings is 2. The Labute approximate surface area is 178 Å². The van der Waals surface area contributed by atoms with Gasteiger partial charge in [-0.15, -0.1) is 0 Å². The van der Waals surface area contributed by atoms with Crippen LogP contribution in [0, 0.1) is 6.92 Å². The Morgan fingerprint density at radius 2 is 1.80 bits per heavy atom. The van der Waals surface area contributed by atoms with E-state index in [1.165, 1.54) is 0 Å². The Bertz CT molecular complexity index is 1010. The van der Waals surface area contributed by atoms with Gasteiger partial charge < -0.3 is 9.64 Å². The minimum atomic E-state index is -0.155. The monoisotopic (exact) mass is 400 g/mol. The third-order valence-corrected chi connectivity index (χ3v) is 5.94. The van der Waals surface area contributed by atoms with Crippen molar-refractivity contribution < 1.29 is 9.53 Å². The van der Waals surface area contributed by atoms with Gasteiger partial charge in [-0.25, -0.2) is 0 Å². The molecule has 2 aromatic carbocycles. The summed E-state index contributed by atoms with van der Waals surface area (Å²) in [6.07, 6.45) is 1.96. The number of likely N-dealkylation sites (tertiary alicyclic amines) is 1. The number of hydrogen-bond acceptors (Lipinski definition) is 3. The number of ether oxygens (including phenoxy) is 1. The summed E-state index contributed by atoms with van der Waals surface area (Å²) in [7, 11) is 1.67. The molecule has 1 aliphatic rings. The van der Waals surface area contributed by atoms with Gasteiger partial charge in [0.25, 0.3) is 0 Å². The van der Waals surface area contributed by atoms with E-state index in [2.05, 4.69) is 24.3 Å². The number of pyridine rings is 1. The summed E-state index contributed by atoms with van der Waals surface area (Å²) in [5, 5.41) is 0. The van der Waals surface area contributed by atoms with E-state index in [0.717, 1.165) is 53.2 Å². The van der Waals surface area contributed by atoms with Crippen molar-refractivity contribution in [3.05, 3.63) is 83.7 Å². The lowest BCUT2D eigenvalue weighted by atomic mass is 9.98. The molecule has 0 aliphatic carbocycles. The fraction of sp³-hybridized carbons (Fsp3) is 0.308. The van der Waals surface area contributed by atoms with E-state index < -0.39 is 0 Å². The van der Waals surface area contributed by atoms with Crippen molar-refractivity contribution in [3.63, 3.8) is 0 Å². The first kappa shape index (κ1) is 20.1. The molecular weight excluding hydrogens is 372 g/mol. The Morgan fingerprint density at radius 1 is 1.07 bits per heavy atom. The minimum absolute atomic E-state index is 0.0283. The van der Waals surface area contributed by atoms with Gasteiger partial charge in [-0.05, 0) is 67.6 Å². The maximum Gasteiger partial charge on any atom is 0.230 e. The molecule has 0 unspecified atom stereocenters. The second-order valence-electron chi connectivity index (χ2n) is 7.97. The van der Waals surface area contributed by atoms with Gasteiger partial charge in [-0.1, -0.05) is 42.5 Å². The van der Waals surface area contributed by atoms with E-state index in [1.54, 1.807) is 7.11 Å². The van der Waals surface area contributed by atoms with Gasteiger partial charge in [-0.2, -0.15) is 0 Å². The van der Waals surface area contributed by atoms with Crippen LogP contribution in [0.3, 0.4) is 0 Å². The van der Waals surface area contributed by atoms with Crippen LogP contribution in [0.4, 0.5) is 0 Å². The van der Waals surface area contributed by atoms with E-state index in [9.17, 15) is 4.79 Å². The molecule has 0 spiro atoms. The molecule has 3 aromatic rings. The third kappa shape index (κ3) is 4.09. The normalized spacial score (nSPS) is 17.0. The Morgan fingerprint density at radius 3 is 2.50 bits per heavy atom. The maximum atomic E-state index is 13.3. The van der Waals surface area contributed by atoms with Crippen LogP contribution in [0.25, 0.3) is 11.1 Å². The first-order chi connectivity index (χ1) is 14.6. The zero-order chi connectivity index (χ0) is 21.1. The van der Waals surface area contributed by atoms with Crippen molar-refractivity contribution in [2.75, 3.05) is 13.7 Å². The summed E-state index contributed by atoms with van der Waals surface area (Å²) in [4.78, 5) is 20.2. The van der Waals surface area contributed by atoms with Crippen molar-refractivity contribution in [3.8, 4) is 16.9 Å². The third-order valence-electron chi connectivity index (χ3n) is 5.94. The van der Waals surface area contributed by atoms with Crippen LogP contribution in [0.2, 0.25) is 0 Å². The first-order valence-corrected chi connectivity index (χ1v) is 10.6. The highest BCUT2D eigenvalue weighted by Gasteiger charge is 2.33. The molecule has 1 aliphatic heterocycles. The average molecular weight is 401 g/mol. The zero-order valence-electron chi connectivity index (χ0n) is 17.8. The second kappa shape index (κ2) is 8.70. The molecule has 4 nitrogen and oxygen atoms in total. The Kier molecular flexibility index (Phi) is 5.84. The minimum Gasteiger partial charge on any atom is -0.497 e. The molecule has 0 saturated carbocycles. The number of rotatable bonds is 5. The smallest absolute Gasteiger partial charge is 0.230 e. The molecule has 2 heterocycles. The van der Waals surface area contributed by atoms with Crippen LogP contribution >= 0.6 is 0 Å². The average Bonchev–Trinajstić information content (AvgIpc) is 3.28. The molecule has 2 atom stereocenters. The molecule has 4 rings (SSSR count). The molecule has 1 fully saturated rings. The van der Waals surface area contributed by atoms with Crippen LogP contribution < -0.4 is 4.74 Å². The largest absolute Gasteiger partial charge is 0.497 e. The predicted octanol–water partition coefficient (Wildman–Crippen LogP) is 5.53. The van der Waals surface area contributed by atoms with Crippen LogP contribution in [-0.4, -0.2) is 29.4 Å². The van der Waals surface area contributed by atoms with Crippen LogP contribution in [0.15, 0.2) is 66.7 Å². The number of amides is 1. The van der Waals surface area contributed by atoms with Crippen LogP contribution in [0.1, 0.15) is 48.7 Å². The number of aryl methyl sites for hydroxylation is 1. The number of methoxy groups -OCH3 is 1. The second-order valence-corrected chi connectivity index (χ2v) is 7.97. The molecule has 30 heavy (non-hydrogen) atoms. The highest BCUT2D eigenvalue weighted by Crippen LogP contribution is 2.35. The SMILES string of the molecule is COc1ccc(-c2cc(C)nc([C@@H]3CCCN3C(=O)[C@@H](C)c3ccccc3)c2)cc1. The summed E-state index contributed by atoms with van der Waals surface area (Å²) in [5.74, 6) is 0.864. The van der Waals surface area contributed by atoms with Crippen molar-refractivity contribution in [1.29, 1.82) is 0 Å². The van der Waals surface area contributed by atoms with E-state index in [0.29, 0.717) is 0 Å². The van der Waals surface area contributed by atoms with Crippen molar-refractivity contribution in [1.82, 2.24) is 9.88 Å². The molecule has 0 N–H and O–H groups in total. The maximum absolute atomic E-state index is 13.3. The van der Waals surface area contributed by atoms with Gasteiger partial charge in [-0.3, -0.25) is 9.78 Å². The van der Waals surface area contributed by atoms with Gasteiger partial charge in [0.2, 0.25) is 5.91 Å². The summed E-state index contributed by atoms with van der Waals surface area (Å²) < 4.78 is 5.28.